The van der Waals surface area contributed by atoms with Gasteiger partial charge in [0.15, 0.2) is 0 Å². The molecule has 6 nitrogen and oxygen atoms in total. The van der Waals surface area contributed by atoms with Crippen LogP contribution in [0.15, 0.2) is 34.9 Å². The second-order valence-electron chi connectivity index (χ2n) is 4.96. The van der Waals surface area contributed by atoms with Crippen LogP contribution in [0, 0.1) is 0 Å². The molecule has 2 atom stereocenters. The lowest BCUT2D eigenvalue weighted by Gasteiger charge is -2.32. The van der Waals surface area contributed by atoms with Gasteiger partial charge in [-0.3, -0.25) is 5.01 Å². The van der Waals surface area contributed by atoms with E-state index in [0.29, 0.717) is 6.04 Å². The lowest BCUT2D eigenvalue weighted by molar-refractivity contribution is 0.202. The van der Waals surface area contributed by atoms with Crippen LogP contribution < -0.4 is 5.73 Å². The van der Waals surface area contributed by atoms with E-state index in [0.717, 1.165) is 17.0 Å². The lowest BCUT2D eigenvalue weighted by Crippen LogP contribution is -2.50. The molecular formula is C13H16N6. The van der Waals surface area contributed by atoms with E-state index >= 15 is 0 Å². The maximum Gasteiger partial charge on any atom is 0.115 e. The van der Waals surface area contributed by atoms with E-state index in [1.54, 1.807) is 18.6 Å². The van der Waals surface area contributed by atoms with Crippen molar-refractivity contribution in [1.82, 2.24) is 15.0 Å². The van der Waals surface area contributed by atoms with Gasteiger partial charge in [0.05, 0.1) is 23.7 Å². The molecule has 2 N–H and O–H groups in total. The SMILES string of the molecule is CC(C)N1N=CC2=NC(c3cncnc3)=CC(N)C21. The molecule has 2 aliphatic rings. The van der Waals surface area contributed by atoms with Gasteiger partial charge >= 0.3 is 0 Å². The first-order valence-corrected chi connectivity index (χ1v) is 6.30. The summed E-state index contributed by atoms with van der Waals surface area (Å²) in [6.45, 7) is 4.19. The Bertz CT molecular complexity index is 560. The van der Waals surface area contributed by atoms with Crippen LogP contribution in [-0.2, 0) is 0 Å². The quantitative estimate of drug-likeness (QED) is 0.843. The van der Waals surface area contributed by atoms with Crippen molar-refractivity contribution in [3.05, 3.63) is 30.4 Å². The molecule has 1 aromatic heterocycles. The normalized spacial score (nSPS) is 25.4. The molecule has 98 valence electrons. The van der Waals surface area contributed by atoms with Crippen molar-refractivity contribution in [3.63, 3.8) is 0 Å². The van der Waals surface area contributed by atoms with Crippen LogP contribution in [0.1, 0.15) is 19.4 Å². The van der Waals surface area contributed by atoms with E-state index in [9.17, 15) is 0 Å². The molecule has 2 unspecified atom stereocenters. The van der Waals surface area contributed by atoms with Gasteiger partial charge in [0.2, 0.25) is 0 Å². The highest BCUT2D eigenvalue weighted by atomic mass is 15.5. The lowest BCUT2D eigenvalue weighted by atomic mass is 9.98. The fourth-order valence-corrected chi connectivity index (χ4v) is 2.37. The molecule has 2 aliphatic heterocycles. The third-order valence-electron chi connectivity index (χ3n) is 3.26. The first-order valence-electron chi connectivity index (χ1n) is 6.30. The molecule has 1 aromatic rings. The van der Waals surface area contributed by atoms with E-state index in [1.807, 2.05) is 11.1 Å². The van der Waals surface area contributed by atoms with Gasteiger partial charge in [-0.2, -0.15) is 5.10 Å². The van der Waals surface area contributed by atoms with Gasteiger partial charge in [0.1, 0.15) is 12.4 Å². The average Bonchev–Trinajstić information content (AvgIpc) is 2.84. The number of aliphatic imine (C=N–C) groups is 1. The Morgan fingerprint density at radius 2 is 2.00 bits per heavy atom. The molecule has 0 fully saturated rings. The summed E-state index contributed by atoms with van der Waals surface area (Å²) in [7, 11) is 0. The summed E-state index contributed by atoms with van der Waals surface area (Å²) in [6.07, 6.45) is 8.73. The predicted octanol–water partition coefficient (Wildman–Crippen LogP) is 0.678. The minimum Gasteiger partial charge on any atom is -0.322 e. The van der Waals surface area contributed by atoms with Gasteiger partial charge in [-0.15, -0.1) is 0 Å². The fourth-order valence-electron chi connectivity index (χ4n) is 2.37. The molecule has 0 bridgehead atoms. The molecule has 3 heterocycles. The van der Waals surface area contributed by atoms with Crippen LogP contribution in [-0.4, -0.2) is 45.0 Å². The molecule has 3 rings (SSSR count). The zero-order valence-electron chi connectivity index (χ0n) is 10.9. The third kappa shape index (κ3) is 2.04. The highest BCUT2D eigenvalue weighted by Crippen LogP contribution is 2.26. The van der Waals surface area contributed by atoms with E-state index in [2.05, 4.69) is 33.9 Å². The Labute approximate surface area is 111 Å². The third-order valence-corrected chi connectivity index (χ3v) is 3.26. The van der Waals surface area contributed by atoms with Crippen molar-refractivity contribution in [1.29, 1.82) is 0 Å². The van der Waals surface area contributed by atoms with Crippen molar-refractivity contribution >= 4 is 17.6 Å². The number of aromatic nitrogens is 2. The van der Waals surface area contributed by atoms with Gasteiger partial charge in [0, 0.05) is 24.0 Å². The molecule has 0 saturated heterocycles. The first-order chi connectivity index (χ1) is 9.16. The van der Waals surface area contributed by atoms with E-state index < -0.39 is 0 Å². The van der Waals surface area contributed by atoms with E-state index in [-0.39, 0.29) is 12.1 Å². The zero-order chi connectivity index (χ0) is 13.4. The Balaban J connectivity index is 1.94. The number of hydrogen-bond acceptors (Lipinski definition) is 6. The summed E-state index contributed by atoms with van der Waals surface area (Å²) < 4.78 is 0. The molecule has 0 radical (unpaired) electrons. The average molecular weight is 256 g/mol. The van der Waals surface area contributed by atoms with Gasteiger partial charge in [-0.25, -0.2) is 15.0 Å². The summed E-state index contributed by atoms with van der Waals surface area (Å²) >= 11 is 0. The summed E-state index contributed by atoms with van der Waals surface area (Å²) in [4.78, 5) is 12.6. The van der Waals surface area contributed by atoms with Crippen LogP contribution in [0.5, 0.6) is 0 Å². The van der Waals surface area contributed by atoms with Crippen LogP contribution in [0.2, 0.25) is 0 Å². The fraction of sp³-hybridized carbons (Fsp3) is 0.385. The second-order valence-corrected chi connectivity index (χ2v) is 4.96. The summed E-state index contributed by atoms with van der Waals surface area (Å²) in [6, 6.07) is 0.205. The van der Waals surface area contributed by atoms with Crippen LogP contribution in [0.25, 0.3) is 5.70 Å². The minimum atomic E-state index is -0.132. The second kappa shape index (κ2) is 4.55. The summed E-state index contributed by atoms with van der Waals surface area (Å²) in [5.41, 5.74) is 8.85. The van der Waals surface area contributed by atoms with Crippen molar-refractivity contribution in [2.75, 3.05) is 0 Å². The largest absolute Gasteiger partial charge is 0.322 e. The molecular weight excluding hydrogens is 240 g/mol. The molecule has 0 amide bonds. The van der Waals surface area contributed by atoms with Gasteiger partial charge in [0.25, 0.3) is 0 Å². The van der Waals surface area contributed by atoms with Gasteiger partial charge in [-0.05, 0) is 19.9 Å². The smallest absolute Gasteiger partial charge is 0.115 e. The maximum atomic E-state index is 6.26. The number of nitrogens with zero attached hydrogens (tertiary/aromatic N) is 5. The number of rotatable bonds is 2. The molecule has 0 aliphatic carbocycles. The minimum absolute atomic E-state index is 0.0355. The van der Waals surface area contributed by atoms with Crippen LogP contribution in [0.3, 0.4) is 0 Å². The number of nitrogens with two attached hydrogens (primary N) is 1. The highest BCUT2D eigenvalue weighted by molar-refractivity contribution is 6.36. The first kappa shape index (κ1) is 12.0. The maximum absolute atomic E-state index is 6.26. The molecule has 0 aromatic carbocycles. The molecule has 19 heavy (non-hydrogen) atoms. The zero-order valence-corrected chi connectivity index (χ0v) is 10.9. The monoisotopic (exact) mass is 256 g/mol. The van der Waals surface area contributed by atoms with Crippen LogP contribution >= 0.6 is 0 Å². The van der Waals surface area contributed by atoms with Gasteiger partial charge in [-0.1, -0.05) is 0 Å². The van der Waals surface area contributed by atoms with Crippen LogP contribution in [0.4, 0.5) is 0 Å². The number of hydrogen-bond donors (Lipinski definition) is 1. The Morgan fingerprint density at radius 1 is 1.26 bits per heavy atom. The van der Waals surface area contributed by atoms with E-state index in [4.69, 9.17) is 5.73 Å². The highest BCUT2D eigenvalue weighted by Gasteiger charge is 2.36. The Kier molecular flexibility index (Phi) is 2.87. The molecule has 6 heteroatoms. The van der Waals surface area contributed by atoms with Crippen molar-refractivity contribution in [2.24, 2.45) is 15.8 Å². The molecule has 0 spiro atoms. The van der Waals surface area contributed by atoms with E-state index in [1.165, 1.54) is 6.33 Å². The predicted molar refractivity (Wildman–Crippen MR) is 74.7 cm³/mol. The number of fused-ring (bicyclic) bond motifs is 1. The standard InChI is InChI=1S/C13H16N6/c1-8(2)19-13-10(14)3-11(18-12(13)6-17-19)9-4-15-7-16-5-9/h3-8,10,13H,14H2,1-2H3. The van der Waals surface area contributed by atoms with Crippen molar-refractivity contribution < 1.29 is 0 Å². The summed E-state index contributed by atoms with van der Waals surface area (Å²) in [5, 5.41) is 6.39. The number of hydrazone groups is 1. The molecule has 0 saturated carbocycles. The Morgan fingerprint density at radius 3 is 2.68 bits per heavy atom. The topological polar surface area (TPSA) is 79.8 Å². The van der Waals surface area contributed by atoms with Crippen molar-refractivity contribution in [2.45, 2.75) is 32.0 Å². The summed E-state index contributed by atoms with van der Waals surface area (Å²) in [5.74, 6) is 0. The van der Waals surface area contributed by atoms with Crippen molar-refractivity contribution in [3.8, 4) is 0 Å². The van der Waals surface area contributed by atoms with Gasteiger partial charge < -0.3 is 5.73 Å². The Hall–Kier alpha value is -2.08.